The summed E-state index contributed by atoms with van der Waals surface area (Å²) in [5.74, 6) is 2.44. The second kappa shape index (κ2) is 12.3. The number of fused-ring (bicyclic) bond motifs is 1. The Labute approximate surface area is 249 Å². The minimum Gasteiger partial charge on any atom is -0.484 e. The molecule has 0 aliphatic carbocycles. The Hall–Kier alpha value is -5.34. The summed E-state index contributed by atoms with van der Waals surface area (Å²) in [6, 6.07) is 37.3. The predicted molar refractivity (Wildman–Crippen MR) is 163 cm³/mol. The Balaban J connectivity index is 1.33. The number of anilines is 1. The van der Waals surface area contributed by atoms with Crippen LogP contribution in [0.1, 0.15) is 5.56 Å². The number of pyridine rings is 1. The normalized spacial score (nSPS) is 16.6. The van der Waals surface area contributed by atoms with Crippen LogP contribution in [0.15, 0.2) is 132 Å². The summed E-state index contributed by atoms with van der Waals surface area (Å²) in [5, 5.41) is 0.924. The van der Waals surface area contributed by atoms with Gasteiger partial charge in [-0.15, -0.1) is 0 Å². The Bertz CT molecular complexity index is 1770. The summed E-state index contributed by atoms with van der Waals surface area (Å²) in [4.78, 5) is 11.4. The summed E-state index contributed by atoms with van der Waals surface area (Å²) in [5.41, 5.74) is 3.16. The Morgan fingerprint density at radius 3 is 2.19 bits per heavy atom. The number of benzene rings is 4. The number of rotatable bonds is 9. The molecule has 0 N–H and O–H groups in total. The van der Waals surface area contributed by atoms with Gasteiger partial charge >= 0.3 is 0 Å². The first-order valence-corrected chi connectivity index (χ1v) is 14.1. The Morgan fingerprint density at radius 2 is 1.47 bits per heavy atom. The molecule has 8 nitrogen and oxygen atoms in total. The van der Waals surface area contributed by atoms with Gasteiger partial charge in [0.1, 0.15) is 35.6 Å². The van der Waals surface area contributed by atoms with Crippen molar-refractivity contribution in [2.75, 3.05) is 18.1 Å². The van der Waals surface area contributed by atoms with Gasteiger partial charge in [0.2, 0.25) is 12.1 Å². The summed E-state index contributed by atoms with van der Waals surface area (Å²) >= 11 is 0. The van der Waals surface area contributed by atoms with Crippen molar-refractivity contribution in [2.24, 2.45) is 0 Å². The third-order valence-electron chi connectivity index (χ3n) is 7.13. The molecule has 43 heavy (non-hydrogen) atoms. The molecule has 4 aromatic carbocycles. The van der Waals surface area contributed by atoms with Gasteiger partial charge in [-0.3, -0.25) is 0 Å². The molecule has 214 valence electrons. The van der Waals surface area contributed by atoms with Crippen LogP contribution in [-0.2, 0) is 11.3 Å². The van der Waals surface area contributed by atoms with Crippen LogP contribution in [0, 0.1) is 0 Å². The zero-order valence-corrected chi connectivity index (χ0v) is 23.3. The van der Waals surface area contributed by atoms with E-state index >= 15 is 0 Å². The van der Waals surface area contributed by atoms with E-state index in [1.54, 1.807) is 6.20 Å². The predicted octanol–water partition coefficient (Wildman–Crippen LogP) is 7.12. The Morgan fingerprint density at radius 1 is 0.767 bits per heavy atom. The van der Waals surface area contributed by atoms with Crippen molar-refractivity contribution >= 4 is 16.6 Å². The number of aromatic nitrogens is 2. The van der Waals surface area contributed by atoms with E-state index in [0.29, 0.717) is 54.1 Å². The molecule has 6 aromatic rings. The van der Waals surface area contributed by atoms with Crippen LogP contribution in [0.4, 0.5) is 5.69 Å². The van der Waals surface area contributed by atoms with Crippen molar-refractivity contribution in [3.05, 3.63) is 133 Å². The number of nitrogens with zero attached hydrogens (tertiary/aromatic N) is 3. The van der Waals surface area contributed by atoms with E-state index in [4.69, 9.17) is 28.3 Å². The first-order chi connectivity index (χ1) is 21.3. The third kappa shape index (κ3) is 5.86. The number of hydrogen-bond acceptors (Lipinski definition) is 8. The van der Waals surface area contributed by atoms with Gasteiger partial charge in [-0.05, 0) is 42.0 Å². The SMILES string of the molecule is c1ccc(COc2c(N3CCOC(Oc4ccccc4)C3Oc3ccccc3)ccc3ccc(-c4ncco4)nc23)cc1. The monoisotopic (exact) mass is 571 g/mol. The van der Waals surface area contributed by atoms with Crippen LogP contribution in [0.2, 0.25) is 0 Å². The summed E-state index contributed by atoms with van der Waals surface area (Å²) in [7, 11) is 0. The van der Waals surface area contributed by atoms with Gasteiger partial charge in [-0.1, -0.05) is 78.9 Å². The second-order valence-corrected chi connectivity index (χ2v) is 9.98. The highest BCUT2D eigenvalue weighted by molar-refractivity contribution is 5.92. The number of ether oxygens (including phenoxy) is 4. The van der Waals surface area contributed by atoms with Gasteiger partial charge < -0.3 is 28.3 Å². The molecule has 0 saturated carbocycles. The molecule has 1 fully saturated rings. The molecule has 0 bridgehead atoms. The van der Waals surface area contributed by atoms with Gasteiger partial charge in [0.25, 0.3) is 6.29 Å². The maximum atomic E-state index is 6.62. The molecule has 0 radical (unpaired) electrons. The summed E-state index contributed by atoms with van der Waals surface area (Å²) in [6.07, 6.45) is 1.79. The highest BCUT2D eigenvalue weighted by Gasteiger charge is 2.38. The summed E-state index contributed by atoms with van der Waals surface area (Å²) < 4.78 is 31.3. The van der Waals surface area contributed by atoms with Crippen LogP contribution in [0.3, 0.4) is 0 Å². The lowest BCUT2D eigenvalue weighted by molar-refractivity contribution is -0.155. The van der Waals surface area contributed by atoms with Crippen molar-refractivity contribution in [2.45, 2.75) is 19.1 Å². The van der Waals surface area contributed by atoms with Crippen molar-refractivity contribution in [3.8, 4) is 28.8 Å². The largest absolute Gasteiger partial charge is 0.484 e. The van der Waals surface area contributed by atoms with Crippen LogP contribution in [0.5, 0.6) is 17.2 Å². The average molecular weight is 572 g/mol. The van der Waals surface area contributed by atoms with E-state index in [-0.39, 0.29) is 0 Å². The number of para-hydroxylation sites is 2. The minimum atomic E-state index is -0.722. The molecule has 0 amide bonds. The third-order valence-corrected chi connectivity index (χ3v) is 7.13. The maximum Gasteiger partial charge on any atom is 0.256 e. The highest BCUT2D eigenvalue weighted by atomic mass is 16.7. The molecular formula is C35H29N3O5. The zero-order chi connectivity index (χ0) is 28.8. The molecule has 1 aliphatic rings. The van der Waals surface area contributed by atoms with Crippen molar-refractivity contribution in [1.29, 1.82) is 0 Å². The summed E-state index contributed by atoms with van der Waals surface area (Å²) in [6.45, 7) is 1.32. The molecule has 7 rings (SSSR count). The van der Waals surface area contributed by atoms with Crippen LogP contribution >= 0.6 is 0 Å². The van der Waals surface area contributed by atoms with Gasteiger partial charge in [0.05, 0.1) is 18.5 Å². The highest BCUT2D eigenvalue weighted by Crippen LogP contribution is 2.40. The fourth-order valence-electron chi connectivity index (χ4n) is 5.08. The average Bonchev–Trinajstić information content (AvgIpc) is 3.61. The Kier molecular flexibility index (Phi) is 7.57. The van der Waals surface area contributed by atoms with Crippen LogP contribution < -0.4 is 19.1 Å². The molecule has 3 heterocycles. The van der Waals surface area contributed by atoms with Gasteiger partial charge in [0, 0.05) is 11.9 Å². The van der Waals surface area contributed by atoms with Gasteiger partial charge in [0.15, 0.2) is 5.75 Å². The smallest absolute Gasteiger partial charge is 0.256 e. The standard InChI is InChI=1S/C35H29N3O5/c1-4-10-25(11-5-1)24-41-32-30(19-17-26-16-18-29(37-31(26)32)33-36-20-22-39-33)38-21-23-40-35(43-28-14-8-3-9-15-28)34(38)42-27-12-6-2-7-13-27/h1-20,22,34-35H,21,23-24H2. The fourth-order valence-corrected chi connectivity index (χ4v) is 5.08. The quantitative estimate of drug-likeness (QED) is 0.182. The van der Waals surface area contributed by atoms with E-state index in [1.165, 1.54) is 6.26 Å². The first-order valence-electron chi connectivity index (χ1n) is 14.1. The lowest BCUT2D eigenvalue weighted by Gasteiger charge is -2.42. The molecule has 2 unspecified atom stereocenters. The molecule has 1 aliphatic heterocycles. The van der Waals surface area contributed by atoms with Crippen LogP contribution in [0.25, 0.3) is 22.5 Å². The van der Waals surface area contributed by atoms with Gasteiger partial charge in [-0.2, -0.15) is 0 Å². The molecule has 2 atom stereocenters. The molecule has 2 aromatic heterocycles. The number of hydrogen-bond donors (Lipinski definition) is 0. The fraction of sp³-hybridized carbons (Fsp3) is 0.143. The second-order valence-electron chi connectivity index (χ2n) is 9.98. The van der Waals surface area contributed by atoms with E-state index in [0.717, 1.165) is 16.6 Å². The molecular weight excluding hydrogens is 542 g/mol. The van der Waals surface area contributed by atoms with Crippen molar-refractivity contribution in [3.63, 3.8) is 0 Å². The molecule has 0 spiro atoms. The first kappa shape index (κ1) is 26.6. The van der Waals surface area contributed by atoms with E-state index in [1.807, 2.05) is 115 Å². The van der Waals surface area contributed by atoms with Crippen molar-refractivity contribution in [1.82, 2.24) is 9.97 Å². The van der Waals surface area contributed by atoms with Gasteiger partial charge in [-0.25, -0.2) is 9.97 Å². The van der Waals surface area contributed by atoms with E-state index < -0.39 is 12.5 Å². The number of morpholine rings is 1. The van der Waals surface area contributed by atoms with E-state index in [9.17, 15) is 0 Å². The topological polar surface area (TPSA) is 79.1 Å². The lowest BCUT2D eigenvalue weighted by atomic mass is 10.1. The maximum absolute atomic E-state index is 6.62. The number of oxazole rings is 1. The molecule has 8 heteroatoms. The van der Waals surface area contributed by atoms with E-state index in [2.05, 4.69) is 9.88 Å². The zero-order valence-electron chi connectivity index (χ0n) is 23.3. The lowest BCUT2D eigenvalue weighted by Crippen LogP contribution is -2.56. The minimum absolute atomic E-state index is 0.357. The van der Waals surface area contributed by atoms with Crippen LogP contribution in [-0.4, -0.2) is 35.6 Å². The van der Waals surface area contributed by atoms with Crippen molar-refractivity contribution < 1.29 is 23.4 Å². The molecule has 1 saturated heterocycles.